The molecular weight excluding hydrogens is 301 g/mol. The smallest absolute Gasteiger partial charge is 0.341 e. The normalized spacial score (nSPS) is 10.0. The second kappa shape index (κ2) is 7.35. The molecule has 1 aromatic heterocycles. The number of anilines is 2. The second-order valence-electron chi connectivity index (χ2n) is 4.80. The number of rotatable bonds is 6. The molecule has 23 heavy (non-hydrogen) atoms. The molecule has 2 rings (SSSR count). The Morgan fingerprint density at radius 2 is 2.13 bits per heavy atom. The Morgan fingerprint density at radius 3 is 2.78 bits per heavy atom. The van der Waals surface area contributed by atoms with Crippen molar-refractivity contribution in [2.75, 3.05) is 12.4 Å². The number of methoxy groups -OCH3 is 1. The summed E-state index contributed by atoms with van der Waals surface area (Å²) < 4.78 is 18.7. The summed E-state index contributed by atoms with van der Waals surface area (Å²) in [6, 6.07) is 7.76. The molecule has 0 aliphatic rings. The van der Waals surface area contributed by atoms with Crippen LogP contribution in [0.3, 0.4) is 0 Å². The maximum atomic E-state index is 14.0. The van der Waals surface area contributed by atoms with Crippen LogP contribution >= 0.6 is 0 Å². The van der Waals surface area contributed by atoms with E-state index in [2.05, 4.69) is 15.6 Å². The molecule has 0 atom stereocenters. The van der Waals surface area contributed by atoms with Crippen LogP contribution in [-0.4, -0.2) is 24.5 Å². The Morgan fingerprint density at radius 1 is 1.35 bits per heavy atom. The fourth-order valence-corrected chi connectivity index (χ4v) is 1.96. The molecule has 120 valence electrons. The van der Waals surface area contributed by atoms with Gasteiger partial charge >= 0.3 is 5.97 Å². The van der Waals surface area contributed by atoms with E-state index >= 15 is 0 Å². The lowest BCUT2D eigenvalue weighted by Crippen LogP contribution is -2.14. The minimum atomic E-state index is -0.595. The lowest BCUT2D eigenvalue weighted by Gasteiger charge is -2.12. The number of hydrogen-bond acceptors (Lipinski definition) is 5. The van der Waals surface area contributed by atoms with Crippen molar-refractivity contribution >= 4 is 23.9 Å². The van der Waals surface area contributed by atoms with Gasteiger partial charge in [-0.15, -0.1) is 0 Å². The Balaban J connectivity index is 2.39. The first-order valence-corrected chi connectivity index (χ1v) is 6.83. The number of nitrogens with zero attached hydrogens (tertiary/aromatic N) is 1. The van der Waals surface area contributed by atoms with E-state index in [9.17, 15) is 14.0 Å². The van der Waals surface area contributed by atoms with E-state index in [4.69, 9.17) is 4.74 Å². The zero-order valence-electron chi connectivity index (χ0n) is 12.7. The van der Waals surface area contributed by atoms with Crippen molar-refractivity contribution in [3.05, 3.63) is 53.0 Å². The van der Waals surface area contributed by atoms with E-state index in [0.29, 0.717) is 12.1 Å². The lowest BCUT2D eigenvalue weighted by atomic mass is 10.2. The summed E-state index contributed by atoms with van der Waals surface area (Å²) >= 11 is 0. The Hall–Kier alpha value is -2.96. The number of esters is 1. The van der Waals surface area contributed by atoms with Crippen molar-refractivity contribution in [2.45, 2.75) is 13.5 Å². The summed E-state index contributed by atoms with van der Waals surface area (Å²) in [5, 5.41) is 5.27. The van der Waals surface area contributed by atoms with Crippen molar-refractivity contribution in [1.82, 2.24) is 10.3 Å². The van der Waals surface area contributed by atoms with Gasteiger partial charge in [0, 0.05) is 0 Å². The van der Waals surface area contributed by atoms with E-state index in [0.717, 1.165) is 5.56 Å². The van der Waals surface area contributed by atoms with Crippen LogP contribution in [0.4, 0.5) is 15.9 Å². The highest BCUT2D eigenvalue weighted by molar-refractivity contribution is 5.95. The maximum absolute atomic E-state index is 14.0. The van der Waals surface area contributed by atoms with Crippen LogP contribution in [0.5, 0.6) is 0 Å². The number of carbonyl (C=O) groups excluding carboxylic acids is 2. The molecule has 0 aliphatic heterocycles. The summed E-state index contributed by atoms with van der Waals surface area (Å²) in [4.78, 5) is 26.4. The predicted octanol–water partition coefficient (Wildman–Crippen LogP) is 2.31. The number of aromatic nitrogens is 1. The molecule has 0 unspecified atom stereocenters. The summed E-state index contributed by atoms with van der Waals surface area (Å²) in [5.74, 6) is -0.897. The van der Waals surface area contributed by atoms with Crippen molar-refractivity contribution in [1.29, 1.82) is 0 Å². The molecule has 0 saturated carbocycles. The average molecular weight is 317 g/mol. The monoisotopic (exact) mass is 317 g/mol. The Bertz CT molecular complexity index is 735. The maximum Gasteiger partial charge on any atom is 0.341 e. The van der Waals surface area contributed by atoms with Crippen LogP contribution in [0.1, 0.15) is 21.6 Å². The summed E-state index contributed by atoms with van der Waals surface area (Å²) in [5.41, 5.74) is 1.65. The molecule has 0 fully saturated rings. The fourth-order valence-electron chi connectivity index (χ4n) is 1.96. The lowest BCUT2D eigenvalue weighted by molar-refractivity contribution is -0.109. The predicted molar refractivity (Wildman–Crippen MR) is 82.9 cm³/mol. The second-order valence-corrected chi connectivity index (χ2v) is 4.80. The first-order valence-electron chi connectivity index (χ1n) is 6.83. The van der Waals surface area contributed by atoms with Gasteiger partial charge in [0.1, 0.15) is 17.2 Å². The van der Waals surface area contributed by atoms with Gasteiger partial charge in [-0.3, -0.25) is 4.79 Å². The zero-order chi connectivity index (χ0) is 16.8. The van der Waals surface area contributed by atoms with Gasteiger partial charge in [-0.05, 0) is 36.8 Å². The molecule has 0 spiro atoms. The van der Waals surface area contributed by atoms with E-state index in [1.807, 2.05) is 0 Å². The largest absolute Gasteiger partial charge is 0.465 e. The fraction of sp³-hybridized carbons (Fsp3) is 0.188. The number of ether oxygens (including phenoxy) is 1. The van der Waals surface area contributed by atoms with Crippen molar-refractivity contribution in [3.63, 3.8) is 0 Å². The number of hydrogen-bond donors (Lipinski definition) is 2. The van der Waals surface area contributed by atoms with Gasteiger partial charge in [-0.25, -0.2) is 14.2 Å². The van der Waals surface area contributed by atoms with Crippen LogP contribution < -0.4 is 10.6 Å². The third-order valence-corrected chi connectivity index (χ3v) is 3.10. The molecule has 1 heterocycles. The summed E-state index contributed by atoms with van der Waals surface area (Å²) in [6.07, 6.45) is 0.544. The van der Waals surface area contributed by atoms with Gasteiger partial charge in [0.05, 0.1) is 25.0 Å². The number of carbonyl (C=O) groups is 2. The average Bonchev–Trinajstić information content (AvgIpc) is 2.55. The van der Waals surface area contributed by atoms with E-state index < -0.39 is 11.8 Å². The number of halogens is 1. The molecule has 0 aliphatic carbocycles. The molecular formula is C16H16FN3O3. The standard InChI is InChI=1S/C16H16FN3O3/c1-10-3-6-14(13(17)7-10)20-15-12(16(22)23-2)5-4-11(19-15)8-18-9-21/h3-7,9H,8H2,1-2H3,(H,18,21)(H,19,20). The molecule has 6 nitrogen and oxygen atoms in total. The minimum Gasteiger partial charge on any atom is -0.465 e. The van der Waals surface area contributed by atoms with Crippen LogP contribution in [0.15, 0.2) is 30.3 Å². The van der Waals surface area contributed by atoms with Gasteiger partial charge in [0.25, 0.3) is 0 Å². The van der Waals surface area contributed by atoms with Gasteiger partial charge in [0.2, 0.25) is 6.41 Å². The first-order chi connectivity index (χ1) is 11.0. The number of aryl methyl sites for hydroxylation is 1. The number of benzene rings is 1. The van der Waals surface area contributed by atoms with Crippen LogP contribution in [0.25, 0.3) is 0 Å². The Kier molecular flexibility index (Phi) is 5.24. The van der Waals surface area contributed by atoms with Gasteiger partial charge < -0.3 is 15.4 Å². The zero-order valence-corrected chi connectivity index (χ0v) is 12.7. The highest BCUT2D eigenvalue weighted by Crippen LogP contribution is 2.23. The number of pyridine rings is 1. The summed E-state index contributed by atoms with van der Waals surface area (Å²) in [6.45, 7) is 1.96. The van der Waals surface area contributed by atoms with Crippen LogP contribution in [0.2, 0.25) is 0 Å². The third-order valence-electron chi connectivity index (χ3n) is 3.10. The summed E-state index contributed by atoms with van der Waals surface area (Å²) in [7, 11) is 1.25. The molecule has 1 aromatic carbocycles. The number of nitrogens with one attached hydrogen (secondary N) is 2. The van der Waals surface area contributed by atoms with Gasteiger partial charge in [-0.1, -0.05) is 6.07 Å². The van der Waals surface area contributed by atoms with E-state index in [-0.39, 0.29) is 23.6 Å². The molecule has 2 N–H and O–H groups in total. The molecule has 0 bridgehead atoms. The molecule has 1 amide bonds. The topological polar surface area (TPSA) is 80.3 Å². The minimum absolute atomic E-state index is 0.157. The van der Waals surface area contributed by atoms with Crippen molar-refractivity contribution < 1.29 is 18.7 Å². The highest BCUT2D eigenvalue weighted by Gasteiger charge is 2.15. The highest BCUT2D eigenvalue weighted by atomic mass is 19.1. The van der Waals surface area contributed by atoms with Crippen LogP contribution in [0, 0.1) is 12.7 Å². The third kappa shape index (κ3) is 4.03. The molecule has 7 heteroatoms. The van der Waals surface area contributed by atoms with Crippen molar-refractivity contribution in [3.8, 4) is 0 Å². The first kappa shape index (κ1) is 16.4. The molecule has 0 radical (unpaired) electrons. The Labute approximate surface area is 132 Å². The SMILES string of the molecule is COC(=O)c1ccc(CNC=O)nc1Nc1ccc(C)cc1F. The van der Waals surface area contributed by atoms with Crippen molar-refractivity contribution in [2.24, 2.45) is 0 Å². The van der Waals surface area contributed by atoms with Gasteiger partial charge in [-0.2, -0.15) is 0 Å². The van der Waals surface area contributed by atoms with E-state index in [1.54, 1.807) is 25.1 Å². The molecule has 2 aromatic rings. The van der Waals surface area contributed by atoms with Gasteiger partial charge in [0.15, 0.2) is 0 Å². The van der Waals surface area contributed by atoms with E-state index in [1.165, 1.54) is 19.2 Å². The quantitative estimate of drug-likeness (QED) is 0.631. The van der Waals surface area contributed by atoms with Crippen LogP contribution in [-0.2, 0) is 16.1 Å². The molecule has 0 saturated heterocycles. The number of amides is 1.